The van der Waals surface area contributed by atoms with Crippen LogP contribution in [0.3, 0.4) is 0 Å². The zero-order chi connectivity index (χ0) is 29.3. The van der Waals surface area contributed by atoms with Crippen molar-refractivity contribution in [3.05, 3.63) is 77.6 Å². The highest BCUT2D eigenvalue weighted by atomic mass is 16.6. The number of fused-ring (bicyclic) bond motifs is 2. The molecule has 0 radical (unpaired) electrons. The summed E-state index contributed by atoms with van der Waals surface area (Å²) >= 11 is 0. The van der Waals surface area contributed by atoms with E-state index in [9.17, 15) is 9.59 Å². The Morgan fingerprint density at radius 3 is 2.55 bits per heavy atom. The minimum atomic E-state index is -0.486. The van der Waals surface area contributed by atoms with Gasteiger partial charge in [0.05, 0.1) is 18.1 Å². The largest absolute Gasteiger partial charge is 0.491 e. The Balaban J connectivity index is 1.06. The van der Waals surface area contributed by atoms with E-state index in [1.807, 2.05) is 63.4 Å². The number of nitrogens with one attached hydrogen (secondary N) is 1. The third-order valence-electron chi connectivity index (χ3n) is 7.14. The van der Waals surface area contributed by atoms with Gasteiger partial charge in [0.1, 0.15) is 18.0 Å². The number of aromatic amines is 1. The van der Waals surface area contributed by atoms with Gasteiger partial charge in [0.2, 0.25) is 5.56 Å². The zero-order valence-corrected chi connectivity index (χ0v) is 23.9. The number of aromatic nitrogens is 5. The minimum absolute atomic E-state index is 0.138. The summed E-state index contributed by atoms with van der Waals surface area (Å²) in [7, 11) is 0. The van der Waals surface area contributed by atoms with Gasteiger partial charge in [-0.1, -0.05) is 12.1 Å². The van der Waals surface area contributed by atoms with Crippen LogP contribution in [0.25, 0.3) is 38.9 Å². The number of carbonyl (C=O) groups is 1. The van der Waals surface area contributed by atoms with Crippen LogP contribution < -0.4 is 10.3 Å². The molecule has 5 aromatic rings. The number of nitrogens with zero attached hydrogens (tertiary/aromatic N) is 6. The number of H-pyrrole nitrogens is 1. The molecular formula is C31H33N7O4. The summed E-state index contributed by atoms with van der Waals surface area (Å²) < 4.78 is 13.1. The smallest absolute Gasteiger partial charge is 0.410 e. The molecule has 0 bridgehead atoms. The number of hydrogen-bond acceptors (Lipinski definition) is 8. The van der Waals surface area contributed by atoms with Crippen molar-refractivity contribution >= 4 is 22.6 Å². The molecular weight excluding hydrogens is 534 g/mol. The van der Waals surface area contributed by atoms with E-state index in [4.69, 9.17) is 14.5 Å². The van der Waals surface area contributed by atoms with Crippen LogP contribution in [0.5, 0.6) is 5.75 Å². The summed E-state index contributed by atoms with van der Waals surface area (Å²) in [4.78, 5) is 40.2. The molecule has 1 aliphatic heterocycles. The van der Waals surface area contributed by atoms with E-state index in [1.165, 1.54) is 6.07 Å². The average Bonchev–Trinajstić information content (AvgIpc) is 3.40. The molecule has 1 saturated heterocycles. The third-order valence-corrected chi connectivity index (χ3v) is 7.14. The molecule has 6 rings (SSSR count). The van der Waals surface area contributed by atoms with Crippen LogP contribution in [-0.2, 0) is 4.74 Å². The van der Waals surface area contributed by atoms with Crippen molar-refractivity contribution in [2.24, 2.45) is 0 Å². The van der Waals surface area contributed by atoms with Crippen LogP contribution in [-0.4, -0.2) is 85.4 Å². The van der Waals surface area contributed by atoms with Crippen molar-refractivity contribution in [3.63, 3.8) is 0 Å². The Morgan fingerprint density at radius 2 is 1.79 bits per heavy atom. The Kier molecular flexibility index (Phi) is 7.34. The summed E-state index contributed by atoms with van der Waals surface area (Å²) in [5.74, 6) is 0.690. The fourth-order valence-electron chi connectivity index (χ4n) is 5.03. The lowest BCUT2D eigenvalue weighted by Gasteiger charge is -2.35. The lowest BCUT2D eigenvalue weighted by Crippen LogP contribution is -2.50. The highest BCUT2D eigenvalue weighted by Gasteiger charge is 2.25. The number of pyridine rings is 2. The van der Waals surface area contributed by atoms with Crippen LogP contribution >= 0.6 is 0 Å². The van der Waals surface area contributed by atoms with E-state index in [0.29, 0.717) is 31.1 Å². The summed E-state index contributed by atoms with van der Waals surface area (Å²) in [6.07, 6.45) is 6.93. The number of hydrogen-bond donors (Lipinski definition) is 1. The number of ether oxygens (including phenoxy) is 2. The first-order chi connectivity index (χ1) is 20.2. The quantitative estimate of drug-likeness (QED) is 0.324. The van der Waals surface area contributed by atoms with Gasteiger partial charge in [0.15, 0.2) is 5.65 Å². The molecule has 0 atom stereocenters. The van der Waals surface area contributed by atoms with E-state index in [2.05, 4.69) is 20.0 Å². The zero-order valence-electron chi connectivity index (χ0n) is 23.9. The predicted molar refractivity (Wildman–Crippen MR) is 160 cm³/mol. The van der Waals surface area contributed by atoms with Crippen molar-refractivity contribution in [3.8, 4) is 28.1 Å². The van der Waals surface area contributed by atoms with Gasteiger partial charge in [-0.05, 0) is 50.6 Å². The number of rotatable bonds is 6. The predicted octanol–water partition coefficient (Wildman–Crippen LogP) is 4.23. The van der Waals surface area contributed by atoms with Crippen LogP contribution in [0, 0.1) is 0 Å². The van der Waals surface area contributed by atoms with Crippen molar-refractivity contribution in [2.45, 2.75) is 26.4 Å². The highest BCUT2D eigenvalue weighted by molar-refractivity contribution is 5.97. The van der Waals surface area contributed by atoms with Gasteiger partial charge in [0.25, 0.3) is 0 Å². The number of amides is 1. The topological polar surface area (TPSA) is 118 Å². The minimum Gasteiger partial charge on any atom is -0.491 e. The maximum absolute atomic E-state index is 12.3. The van der Waals surface area contributed by atoms with Gasteiger partial charge in [-0.25, -0.2) is 14.3 Å². The molecule has 1 aliphatic rings. The van der Waals surface area contributed by atoms with Gasteiger partial charge in [-0.3, -0.25) is 14.7 Å². The molecule has 0 spiro atoms. The molecule has 1 N–H and O–H groups in total. The second-order valence-electron chi connectivity index (χ2n) is 11.3. The van der Waals surface area contributed by atoms with Gasteiger partial charge >= 0.3 is 6.09 Å². The van der Waals surface area contributed by atoms with Crippen LogP contribution in [0.4, 0.5) is 4.79 Å². The molecule has 216 valence electrons. The molecule has 1 aromatic carbocycles. The van der Waals surface area contributed by atoms with Gasteiger partial charge in [0, 0.05) is 73.2 Å². The standard InChI is InChI=1S/C31H33N7O4/c1-31(2,3)42-30(40)37-13-11-36(12-14-37)15-16-41-22-7-9-26(32-18-22)21-17-33-29-25(19-34-38(29)20-21)23-5-4-6-27-24(23)8-10-28(39)35-27/h4-10,17-20H,11-16H2,1-3H3,(H,35,39). The molecule has 0 saturated carbocycles. The third kappa shape index (κ3) is 5.96. The van der Waals surface area contributed by atoms with Crippen molar-refractivity contribution in [1.29, 1.82) is 0 Å². The average molecular weight is 568 g/mol. The lowest BCUT2D eigenvalue weighted by atomic mass is 10.0. The van der Waals surface area contributed by atoms with E-state index in [1.54, 1.807) is 28.0 Å². The van der Waals surface area contributed by atoms with Crippen LogP contribution in [0.1, 0.15) is 20.8 Å². The molecule has 0 aliphatic carbocycles. The van der Waals surface area contributed by atoms with E-state index in [0.717, 1.165) is 52.9 Å². The molecule has 11 nitrogen and oxygen atoms in total. The number of carbonyl (C=O) groups excluding carboxylic acids is 1. The van der Waals surface area contributed by atoms with Crippen LogP contribution in [0.2, 0.25) is 0 Å². The van der Waals surface area contributed by atoms with Crippen molar-refractivity contribution < 1.29 is 14.3 Å². The lowest BCUT2D eigenvalue weighted by molar-refractivity contribution is 0.0137. The summed E-state index contributed by atoms with van der Waals surface area (Å²) in [6, 6.07) is 12.9. The molecule has 0 unspecified atom stereocenters. The summed E-state index contributed by atoms with van der Waals surface area (Å²) in [5.41, 5.74) is 4.27. The molecule has 1 fully saturated rings. The van der Waals surface area contributed by atoms with Crippen molar-refractivity contribution in [2.75, 3.05) is 39.3 Å². The highest BCUT2D eigenvalue weighted by Crippen LogP contribution is 2.30. The first kappa shape index (κ1) is 27.4. The van der Waals surface area contributed by atoms with Crippen molar-refractivity contribution in [1.82, 2.24) is 34.4 Å². The molecule has 5 heterocycles. The van der Waals surface area contributed by atoms with E-state index >= 15 is 0 Å². The Hall–Kier alpha value is -4.77. The molecule has 4 aromatic heterocycles. The normalized spacial score (nSPS) is 14.4. The van der Waals surface area contributed by atoms with E-state index in [-0.39, 0.29) is 11.7 Å². The summed E-state index contributed by atoms with van der Waals surface area (Å²) in [5, 5.41) is 5.46. The fraction of sp³-hybridized carbons (Fsp3) is 0.323. The van der Waals surface area contributed by atoms with E-state index < -0.39 is 5.60 Å². The fourth-order valence-corrected chi connectivity index (χ4v) is 5.03. The van der Waals surface area contributed by atoms with Crippen LogP contribution in [0.15, 0.2) is 72.0 Å². The Bertz CT molecular complexity index is 1780. The molecule has 11 heteroatoms. The molecule has 42 heavy (non-hydrogen) atoms. The first-order valence-corrected chi connectivity index (χ1v) is 14.0. The SMILES string of the molecule is CC(C)(C)OC(=O)N1CCN(CCOc2ccc(-c3cnc4c(-c5cccc6[nH]c(=O)ccc56)cnn4c3)nc2)CC1. The monoisotopic (exact) mass is 567 g/mol. The summed E-state index contributed by atoms with van der Waals surface area (Å²) in [6.45, 7) is 9.78. The number of piperazine rings is 1. The maximum atomic E-state index is 12.3. The van der Waals surface area contributed by atoms with Gasteiger partial charge in [-0.2, -0.15) is 5.10 Å². The first-order valence-electron chi connectivity index (χ1n) is 14.0. The Morgan fingerprint density at radius 1 is 0.952 bits per heavy atom. The Labute approximate surface area is 242 Å². The molecule has 1 amide bonds. The van der Waals surface area contributed by atoms with Gasteiger partial charge < -0.3 is 19.4 Å². The second kappa shape index (κ2) is 11.2. The van der Waals surface area contributed by atoms with Gasteiger partial charge in [-0.15, -0.1) is 0 Å². The second-order valence-corrected chi connectivity index (χ2v) is 11.3. The number of benzene rings is 1. The maximum Gasteiger partial charge on any atom is 0.410 e.